The van der Waals surface area contributed by atoms with E-state index in [1.807, 2.05) is 29.2 Å². The van der Waals surface area contributed by atoms with Gasteiger partial charge in [0.15, 0.2) is 0 Å². The molecule has 158 valence electrons. The number of alkyl halides is 2. The van der Waals surface area contributed by atoms with Gasteiger partial charge in [0.1, 0.15) is 6.04 Å². The van der Waals surface area contributed by atoms with E-state index in [2.05, 4.69) is 5.32 Å². The number of nitrogens with one attached hydrogen (secondary N) is 1. The van der Waals surface area contributed by atoms with E-state index in [-0.39, 0.29) is 19.3 Å². The Balaban J connectivity index is 2.09. The summed E-state index contributed by atoms with van der Waals surface area (Å²) in [5.74, 6) is -1.54. The van der Waals surface area contributed by atoms with E-state index >= 15 is 0 Å². The summed E-state index contributed by atoms with van der Waals surface area (Å²) in [6.07, 6.45) is 0.138. The van der Waals surface area contributed by atoms with Crippen LogP contribution in [0.1, 0.15) is 25.3 Å². The maximum absolute atomic E-state index is 12.5. The molecule has 3 amide bonds. The summed E-state index contributed by atoms with van der Waals surface area (Å²) in [4.78, 5) is 54.2. The van der Waals surface area contributed by atoms with Crippen LogP contribution in [0.2, 0.25) is 0 Å². The lowest BCUT2D eigenvalue weighted by Crippen LogP contribution is -2.45. The van der Waals surface area contributed by atoms with Crippen molar-refractivity contribution in [2.45, 2.75) is 32.2 Å². The standard InChI is InChI=1S/C19H23Cl2N3O5/c1-13(25)22-16(19(28)29-24-17(26)6-7-18(24)27)12-14-2-4-15(5-3-14)23(10-8-20)11-9-21/h2-5,16H,6-12H2,1H3,(H,22,25)/t16-/m0/s1. The van der Waals surface area contributed by atoms with Crippen molar-refractivity contribution >= 4 is 52.6 Å². The zero-order valence-corrected chi connectivity index (χ0v) is 17.5. The van der Waals surface area contributed by atoms with Gasteiger partial charge >= 0.3 is 5.97 Å². The summed E-state index contributed by atoms with van der Waals surface area (Å²) in [7, 11) is 0. The Morgan fingerprint density at radius 1 is 1.10 bits per heavy atom. The van der Waals surface area contributed by atoms with Gasteiger partial charge in [0.05, 0.1) is 0 Å². The first-order chi connectivity index (χ1) is 13.8. The molecule has 2 rings (SSSR count). The van der Waals surface area contributed by atoms with E-state index in [1.165, 1.54) is 6.92 Å². The second kappa shape index (κ2) is 11.0. The van der Waals surface area contributed by atoms with Gasteiger partial charge in [-0.1, -0.05) is 12.1 Å². The quantitative estimate of drug-likeness (QED) is 0.435. The first-order valence-electron chi connectivity index (χ1n) is 9.16. The largest absolute Gasteiger partial charge is 0.369 e. The van der Waals surface area contributed by atoms with Crippen LogP contribution >= 0.6 is 23.2 Å². The van der Waals surface area contributed by atoms with Crippen LogP contribution in [0.15, 0.2) is 24.3 Å². The van der Waals surface area contributed by atoms with E-state index < -0.39 is 29.7 Å². The molecule has 29 heavy (non-hydrogen) atoms. The van der Waals surface area contributed by atoms with Crippen LogP contribution in [-0.2, 0) is 30.4 Å². The van der Waals surface area contributed by atoms with Gasteiger partial charge in [0, 0.05) is 56.7 Å². The molecule has 0 aromatic heterocycles. The third-order valence-corrected chi connectivity index (χ3v) is 4.64. The Labute approximate surface area is 179 Å². The minimum atomic E-state index is -1.04. The average Bonchev–Trinajstić information content (AvgIpc) is 2.99. The van der Waals surface area contributed by atoms with Gasteiger partial charge in [0.25, 0.3) is 11.8 Å². The summed E-state index contributed by atoms with van der Waals surface area (Å²) in [5, 5.41) is 2.97. The predicted octanol–water partition coefficient (Wildman–Crippen LogP) is 1.62. The number of rotatable bonds is 10. The van der Waals surface area contributed by atoms with E-state index in [9.17, 15) is 19.2 Å². The number of carbonyl (C=O) groups is 4. The summed E-state index contributed by atoms with van der Waals surface area (Å²) in [5.41, 5.74) is 1.70. The lowest BCUT2D eigenvalue weighted by molar-refractivity contribution is -0.199. The van der Waals surface area contributed by atoms with Crippen molar-refractivity contribution in [3.8, 4) is 0 Å². The fourth-order valence-electron chi connectivity index (χ4n) is 2.90. The fraction of sp³-hybridized carbons (Fsp3) is 0.474. The summed E-state index contributed by atoms with van der Waals surface area (Å²) in [6.45, 7) is 2.56. The second-order valence-electron chi connectivity index (χ2n) is 6.48. The van der Waals surface area contributed by atoms with Crippen molar-refractivity contribution < 1.29 is 24.0 Å². The molecule has 1 fully saturated rings. The smallest absolute Gasteiger partial charge is 0.355 e. The zero-order chi connectivity index (χ0) is 21.4. The molecule has 1 atom stereocenters. The molecule has 1 N–H and O–H groups in total. The highest BCUT2D eigenvalue weighted by molar-refractivity contribution is 6.18. The molecular formula is C19H23Cl2N3O5. The van der Waals surface area contributed by atoms with E-state index in [4.69, 9.17) is 28.0 Å². The van der Waals surface area contributed by atoms with Crippen molar-refractivity contribution in [3.05, 3.63) is 29.8 Å². The van der Waals surface area contributed by atoms with Gasteiger partial charge < -0.3 is 15.1 Å². The second-order valence-corrected chi connectivity index (χ2v) is 7.24. The highest BCUT2D eigenvalue weighted by Gasteiger charge is 2.35. The number of hydrogen-bond acceptors (Lipinski definition) is 6. The molecule has 0 saturated carbocycles. The minimum Gasteiger partial charge on any atom is -0.369 e. The van der Waals surface area contributed by atoms with Crippen molar-refractivity contribution in [2.24, 2.45) is 0 Å². The molecule has 8 nitrogen and oxygen atoms in total. The minimum absolute atomic E-state index is 0.000512. The molecule has 1 aliphatic rings. The number of benzene rings is 1. The number of imide groups is 1. The molecular weight excluding hydrogens is 421 g/mol. The monoisotopic (exact) mass is 443 g/mol. The number of amides is 3. The van der Waals surface area contributed by atoms with Crippen molar-refractivity contribution in [1.29, 1.82) is 0 Å². The van der Waals surface area contributed by atoms with E-state index in [1.54, 1.807) is 0 Å². The number of nitrogens with zero attached hydrogens (tertiary/aromatic N) is 2. The van der Waals surface area contributed by atoms with E-state index in [0.717, 1.165) is 11.3 Å². The molecule has 1 saturated heterocycles. The van der Waals surface area contributed by atoms with Crippen molar-refractivity contribution in [1.82, 2.24) is 10.4 Å². The lowest BCUT2D eigenvalue weighted by atomic mass is 10.1. The first kappa shape index (κ1) is 23.0. The van der Waals surface area contributed by atoms with Crippen LogP contribution in [0, 0.1) is 0 Å². The SMILES string of the molecule is CC(=O)N[C@@H](Cc1ccc(N(CCCl)CCCl)cc1)C(=O)ON1C(=O)CCC1=O. The highest BCUT2D eigenvalue weighted by Crippen LogP contribution is 2.18. The van der Waals surface area contributed by atoms with E-state index in [0.29, 0.717) is 29.9 Å². The Morgan fingerprint density at radius 3 is 2.14 bits per heavy atom. The fourth-order valence-corrected chi connectivity index (χ4v) is 3.31. The molecule has 1 aliphatic heterocycles. The summed E-state index contributed by atoms with van der Waals surface area (Å²) < 4.78 is 0. The third kappa shape index (κ3) is 6.61. The molecule has 1 aromatic carbocycles. The number of anilines is 1. The zero-order valence-electron chi connectivity index (χ0n) is 16.0. The molecule has 0 spiro atoms. The molecule has 0 bridgehead atoms. The van der Waals surface area contributed by atoms with Gasteiger partial charge in [-0.05, 0) is 17.7 Å². The molecule has 0 radical (unpaired) electrons. The normalized spacial score (nSPS) is 14.7. The third-order valence-electron chi connectivity index (χ3n) is 4.30. The van der Waals surface area contributed by atoms with Crippen LogP contribution in [-0.4, -0.2) is 59.6 Å². The van der Waals surface area contributed by atoms with Crippen LogP contribution < -0.4 is 10.2 Å². The van der Waals surface area contributed by atoms with Crippen molar-refractivity contribution in [3.63, 3.8) is 0 Å². The number of hydroxylamine groups is 2. The number of carbonyl (C=O) groups excluding carboxylic acids is 4. The van der Waals surface area contributed by atoms with Crippen LogP contribution in [0.5, 0.6) is 0 Å². The van der Waals surface area contributed by atoms with Crippen LogP contribution in [0.3, 0.4) is 0 Å². The van der Waals surface area contributed by atoms with Crippen molar-refractivity contribution in [2.75, 3.05) is 29.7 Å². The summed E-state index contributed by atoms with van der Waals surface area (Å²) in [6, 6.07) is 6.34. The number of hydrogen-bond donors (Lipinski definition) is 1. The highest BCUT2D eigenvalue weighted by atomic mass is 35.5. The Hall–Kier alpha value is -2.32. The maximum Gasteiger partial charge on any atom is 0.355 e. The average molecular weight is 444 g/mol. The molecule has 0 aliphatic carbocycles. The van der Waals surface area contributed by atoms with Crippen LogP contribution in [0.4, 0.5) is 5.69 Å². The molecule has 1 heterocycles. The number of halogens is 2. The Kier molecular flexibility index (Phi) is 8.72. The Bertz CT molecular complexity index is 735. The molecule has 1 aromatic rings. The Morgan fingerprint density at radius 2 is 1.66 bits per heavy atom. The van der Waals surface area contributed by atoms with Gasteiger partial charge in [-0.3, -0.25) is 14.4 Å². The van der Waals surface area contributed by atoms with Gasteiger partial charge in [0.2, 0.25) is 5.91 Å². The van der Waals surface area contributed by atoms with Crippen LogP contribution in [0.25, 0.3) is 0 Å². The molecule has 10 heteroatoms. The van der Waals surface area contributed by atoms with Gasteiger partial charge in [-0.15, -0.1) is 28.3 Å². The topological polar surface area (TPSA) is 96.0 Å². The first-order valence-corrected chi connectivity index (χ1v) is 10.2. The molecule has 0 unspecified atom stereocenters. The van der Waals surface area contributed by atoms with Gasteiger partial charge in [-0.2, -0.15) is 0 Å². The maximum atomic E-state index is 12.5. The summed E-state index contributed by atoms with van der Waals surface area (Å²) >= 11 is 11.7. The lowest BCUT2D eigenvalue weighted by Gasteiger charge is -2.23. The predicted molar refractivity (Wildman–Crippen MR) is 109 cm³/mol. The van der Waals surface area contributed by atoms with Gasteiger partial charge in [-0.25, -0.2) is 4.79 Å².